The number of methoxy groups -OCH3 is 1. The van der Waals surface area contributed by atoms with Crippen LogP contribution in [0, 0.1) is 11.8 Å². The molecule has 1 atom stereocenters. The lowest BCUT2D eigenvalue weighted by molar-refractivity contribution is -0.125. The minimum Gasteiger partial charge on any atom is -0.497 e. The Morgan fingerprint density at radius 2 is 2.04 bits per heavy atom. The predicted octanol–water partition coefficient (Wildman–Crippen LogP) is 2.11. The molecule has 0 bridgehead atoms. The van der Waals surface area contributed by atoms with E-state index in [1.807, 2.05) is 24.3 Å². The number of piperidine rings is 1. The minimum atomic E-state index is 0.0440. The highest BCUT2D eigenvalue weighted by Crippen LogP contribution is 2.26. The first-order valence-corrected chi connectivity index (χ1v) is 9.81. The van der Waals surface area contributed by atoms with Crippen molar-refractivity contribution in [3.8, 4) is 17.1 Å². The molecule has 1 amide bonds. The number of benzene rings is 1. The van der Waals surface area contributed by atoms with Gasteiger partial charge in [0.2, 0.25) is 11.7 Å². The normalized spacial score (nSPS) is 20.3. The third-order valence-electron chi connectivity index (χ3n) is 5.49. The lowest BCUT2D eigenvalue weighted by atomic mass is 9.96. The molecule has 0 saturated carbocycles. The highest BCUT2D eigenvalue weighted by atomic mass is 16.5. The molecular weight excluding hydrogens is 360 g/mol. The van der Waals surface area contributed by atoms with Gasteiger partial charge in [-0.15, -0.1) is 0 Å². The summed E-state index contributed by atoms with van der Waals surface area (Å²) in [6.45, 7) is 3.74. The second-order valence-corrected chi connectivity index (χ2v) is 7.37. The summed E-state index contributed by atoms with van der Waals surface area (Å²) in [6, 6.07) is 8.05. The van der Waals surface area contributed by atoms with Crippen LogP contribution in [0.1, 0.15) is 19.3 Å². The summed E-state index contributed by atoms with van der Waals surface area (Å²) in [4.78, 5) is 19.0. The third kappa shape index (κ3) is 4.27. The van der Waals surface area contributed by atoms with E-state index in [1.165, 1.54) is 0 Å². The summed E-state index contributed by atoms with van der Waals surface area (Å²) < 4.78 is 16.0. The number of aromatic nitrogens is 2. The molecule has 0 radical (unpaired) electrons. The van der Waals surface area contributed by atoms with Crippen molar-refractivity contribution in [1.29, 1.82) is 0 Å². The van der Waals surface area contributed by atoms with Crippen LogP contribution < -0.4 is 15.0 Å². The van der Waals surface area contributed by atoms with E-state index in [4.69, 9.17) is 14.0 Å². The fraction of sp³-hybridized carbons (Fsp3) is 0.550. The molecule has 2 aromatic rings. The molecule has 8 nitrogen and oxygen atoms in total. The Morgan fingerprint density at radius 1 is 1.25 bits per heavy atom. The number of nitrogens with zero attached hydrogens (tertiary/aromatic N) is 3. The molecule has 4 rings (SSSR count). The molecule has 2 aliphatic rings. The van der Waals surface area contributed by atoms with Gasteiger partial charge in [-0.05, 0) is 43.5 Å². The van der Waals surface area contributed by atoms with Gasteiger partial charge >= 0.3 is 6.01 Å². The third-order valence-corrected chi connectivity index (χ3v) is 5.49. The Labute approximate surface area is 164 Å². The zero-order valence-electron chi connectivity index (χ0n) is 16.1. The van der Waals surface area contributed by atoms with Crippen molar-refractivity contribution < 1.29 is 18.8 Å². The summed E-state index contributed by atoms with van der Waals surface area (Å²) in [5.74, 6) is 1.99. The SMILES string of the molecule is COc1ccc(-c2noc(N3CCC(C(=O)NCC4CCOC4)CC3)n2)cc1. The van der Waals surface area contributed by atoms with Gasteiger partial charge in [-0.3, -0.25) is 4.79 Å². The standard InChI is InChI=1S/C20H26N4O4/c1-26-17-4-2-15(3-5-17)18-22-20(28-23-18)24-9-6-16(7-10-24)19(25)21-12-14-8-11-27-13-14/h2-5,14,16H,6-13H2,1H3,(H,21,25). The maximum absolute atomic E-state index is 12.4. The second kappa shape index (κ2) is 8.60. The van der Waals surface area contributed by atoms with E-state index in [0.717, 1.165) is 56.9 Å². The van der Waals surface area contributed by atoms with E-state index < -0.39 is 0 Å². The van der Waals surface area contributed by atoms with Crippen LogP contribution in [0.5, 0.6) is 5.75 Å². The Bertz CT molecular complexity index is 778. The first-order valence-electron chi connectivity index (χ1n) is 9.81. The zero-order valence-corrected chi connectivity index (χ0v) is 16.1. The van der Waals surface area contributed by atoms with Crippen LogP contribution in [0.2, 0.25) is 0 Å². The lowest BCUT2D eigenvalue weighted by Gasteiger charge is -2.29. The molecule has 1 N–H and O–H groups in total. The molecule has 150 valence electrons. The van der Waals surface area contributed by atoms with Gasteiger partial charge < -0.3 is 24.2 Å². The molecule has 1 unspecified atom stereocenters. The van der Waals surface area contributed by atoms with Gasteiger partial charge in [0.05, 0.1) is 13.7 Å². The average molecular weight is 386 g/mol. The molecule has 2 aliphatic heterocycles. The summed E-state index contributed by atoms with van der Waals surface area (Å²) in [5.41, 5.74) is 0.876. The number of carbonyl (C=O) groups is 1. The first-order chi connectivity index (χ1) is 13.7. The molecule has 2 fully saturated rings. The molecule has 1 aromatic heterocycles. The molecular formula is C20H26N4O4. The van der Waals surface area contributed by atoms with Crippen LogP contribution in [0.4, 0.5) is 6.01 Å². The number of carbonyl (C=O) groups excluding carboxylic acids is 1. The second-order valence-electron chi connectivity index (χ2n) is 7.37. The number of anilines is 1. The van der Waals surface area contributed by atoms with E-state index in [9.17, 15) is 4.79 Å². The number of hydrogen-bond donors (Lipinski definition) is 1. The van der Waals surface area contributed by atoms with Crippen molar-refractivity contribution in [3.05, 3.63) is 24.3 Å². The van der Waals surface area contributed by atoms with Crippen LogP contribution >= 0.6 is 0 Å². The molecule has 2 saturated heterocycles. The summed E-state index contributed by atoms with van der Waals surface area (Å²) in [6.07, 6.45) is 2.60. The smallest absolute Gasteiger partial charge is 0.324 e. The first kappa shape index (κ1) is 18.7. The Hall–Kier alpha value is -2.61. The minimum absolute atomic E-state index is 0.0440. The summed E-state index contributed by atoms with van der Waals surface area (Å²) in [5, 5.41) is 7.17. The average Bonchev–Trinajstić information content (AvgIpc) is 3.44. The van der Waals surface area contributed by atoms with Gasteiger partial charge in [-0.2, -0.15) is 4.98 Å². The van der Waals surface area contributed by atoms with Crippen molar-refractivity contribution in [2.75, 3.05) is 44.9 Å². The Kier molecular flexibility index (Phi) is 5.76. The summed E-state index contributed by atoms with van der Waals surface area (Å²) in [7, 11) is 1.63. The van der Waals surface area contributed by atoms with Gasteiger partial charge in [0.25, 0.3) is 0 Å². The molecule has 1 aromatic carbocycles. The number of ether oxygens (including phenoxy) is 2. The number of amides is 1. The van der Waals surface area contributed by atoms with Gasteiger partial charge in [0, 0.05) is 43.6 Å². The van der Waals surface area contributed by atoms with Crippen LogP contribution in [-0.2, 0) is 9.53 Å². The lowest BCUT2D eigenvalue weighted by Crippen LogP contribution is -2.42. The molecule has 8 heteroatoms. The van der Waals surface area contributed by atoms with E-state index in [2.05, 4.69) is 20.4 Å². The van der Waals surface area contributed by atoms with Crippen LogP contribution in [0.15, 0.2) is 28.8 Å². The van der Waals surface area contributed by atoms with Crippen LogP contribution in [-0.4, -0.2) is 56.0 Å². The Morgan fingerprint density at radius 3 is 2.71 bits per heavy atom. The number of hydrogen-bond acceptors (Lipinski definition) is 7. The molecule has 3 heterocycles. The predicted molar refractivity (Wildman–Crippen MR) is 103 cm³/mol. The van der Waals surface area contributed by atoms with E-state index in [-0.39, 0.29) is 11.8 Å². The highest BCUT2D eigenvalue weighted by molar-refractivity contribution is 5.78. The van der Waals surface area contributed by atoms with Gasteiger partial charge in [-0.25, -0.2) is 0 Å². The monoisotopic (exact) mass is 386 g/mol. The molecule has 0 aliphatic carbocycles. The highest BCUT2D eigenvalue weighted by Gasteiger charge is 2.28. The number of rotatable bonds is 6. The quantitative estimate of drug-likeness (QED) is 0.813. The van der Waals surface area contributed by atoms with Gasteiger partial charge in [-0.1, -0.05) is 5.16 Å². The van der Waals surface area contributed by atoms with Crippen molar-refractivity contribution in [2.45, 2.75) is 19.3 Å². The van der Waals surface area contributed by atoms with E-state index in [1.54, 1.807) is 7.11 Å². The largest absolute Gasteiger partial charge is 0.497 e. The van der Waals surface area contributed by atoms with Crippen LogP contribution in [0.3, 0.4) is 0 Å². The fourth-order valence-electron chi connectivity index (χ4n) is 3.67. The zero-order chi connectivity index (χ0) is 19.3. The van der Waals surface area contributed by atoms with E-state index in [0.29, 0.717) is 24.3 Å². The maximum Gasteiger partial charge on any atom is 0.324 e. The van der Waals surface area contributed by atoms with Crippen molar-refractivity contribution in [1.82, 2.24) is 15.5 Å². The Balaban J connectivity index is 1.28. The van der Waals surface area contributed by atoms with Gasteiger partial charge in [0.15, 0.2) is 0 Å². The maximum atomic E-state index is 12.4. The van der Waals surface area contributed by atoms with Crippen molar-refractivity contribution >= 4 is 11.9 Å². The van der Waals surface area contributed by atoms with Crippen LogP contribution in [0.25, 0.3) is 11.4 Å². The fourth-order valence-corrected chi connectivity index (χ4v) is 3.67. The molecule has 28 heavy (non-hydrogen) atoms. The topological polar surface area (TPSA) is 89.7 Å². The van der Waals surface area contributed by atoms with E-state index >= 15 is 0 Å². The summed E-state index contributed by atoms with van der Waals surface area (Å²) >= 11 is 0. The van der Waals surface area contributed by atoms with Gasteiger partial charge in [0.1, 0.15) is 5.75 Å². The number of nitrogens with one attached hydrogen (secondary N) is 1. The van der Waals surface area contributed by atoms with Crippen molar-refractivity contribution in [2.24, 2.45) is 11.8 Å². The molecule has 0 spiro atoms. The van der Waals surface area contributed by atoms with Crippen molar-refractivity contribution in [3.63, 3.8) is 0 Å².